The first-order chi connectivity index (χ1) is 27.4. The van der Waals surface area contributed by atoms with Gasteiger partial charge in [-0.25, -0.2) is 14.2 Å². The van der Waals surface area contributed by atoms with Gasteiger partial charge in [0.2, 0.25) is 0 Å². The van der Waals surface area contributed by atoms with Gasteiger partial charge in [-0.3, -0.25) is 4.79 Å². The molecule has 0 saturated carbocycles. The largest absolute Gasteiger partial charge is 0.479 e. The highest BCUT2D eigenvalue weighted by atomic mass is 19.1. The molecule has 3 N–H and O–H groups in total. The van der Waals surface area contributed by atoms with Gasteiger partial charge in [0.25, 0.3) is 5.56 Å². The first-order valence-corrected chi connectivity index (χ1v) is 19.4. The Bertz CT molecular complexity index is 1920. The van der Waals surface area contributed by atoms with Gasteiger partial charge >= 0.3 is 5.97 Å². The molecule has 0 saturated heterocycles. The van der Waals surface area contributed by atoms with Crippen molar-refractivity contribution in [1.82, 2.24) is 9.55 Å². The minimum Gasteiger partial charge on any atom is -0.479 e. The van der Waals surface area contributed by atoms with Gasteiger partial charge in [-0.2, -0.15) is 0 Å². The van der Waals surface area contributed by atoms with E-state index in [2.05, 4.69) is 0 Å². The highest BCUT2D eigenvalue weighted by Crippen LogP contribution is 2.47. The van der Waals surface area contributed by atoms with Gasteiger partial charge in [0.15, 0.2) is 18.2 Å². The number of hydrogen-bond donors (Lipinski definition) is 3. The Morgan fingerprint density at radius 1 is 1.00 bits per heavy atom. The molecule has 0 fully saturated rings. The number of pyridine rings is 2. The molecule has 0 radical (unpaired) electrons. The minimum absolute atomic E-state index is 0.0709. The number of rotatable bonds is 24. The van der Waals surface area contributed by atoms with Crippen LogP contribution in [0.15, 0.2) is 16.9 Å². The lowest BCUT2D eigenvalue weighted by Gasteiger charge is -2.30. The van der Waals surface area contributed by atoms with Crippen molar-refractivity contribution in [2.75, 3.05) is 68.1 Å². The number of aliphatic hydroxyl groups is 2. The number of halogens is 1. The van der Waals surface area contributed by atoms with Crippen molar-refractivity contribution in [3.05, 3.63) is 61.7 Å². The van der Waals surface area contributed by atoms with Crippen LogP contribution in [0.1, 0.15) is 78.8 Å². The molecule has 1 aliphatic heterocycles. The number of aliphatic carboxylic acids is 1. The number of fused-ring (bicyclic) bond motifs is 4. The number of nitrogens with zero attached hydrogens (tertiary/aromatic N) is 2. The van der Waals surface area contributed by atoms with Crippen LogP contribution < -0.4 is 5.56 Å². The number of carbonyl (C=O) groups is 1. The maximum atomic E-state index is 15.4. The summed E-state index contributed by atoms with van der Waals surface area (Å²) >= 11 is 0. The van der Waals surface area contributed by atoms with E-state index >= 15 is 4.39 Å². The summed E-state index contributed by atoms with van der Waals surface area (Å²) < 4.78 is 62.8. The van der Waals surface area contributed by atoms with E-state index in [1.165, 1.54) is 30.7 Å². The number of carboxylic acid groups (broad SMARTS) is 1. The summed E-state index contributed by atoms with van der Waals surface area (Å²) in [4.78, 5) is 31.1. The van der Waals surface area contributed by atoms with Crippen molar-refractivity contribution in [2.45, 2.75) is 102 Å². The number of aryl methyl sites for hydroxylation is 1. The van der Waals surface area contributed by atoms with Gasteiger partial charge in [0.1, 0.15) is 11.9 Å². The number of aliphatic hydroxyl groups excluding tert-OH is 1. The lowest BCUT2D eigenvalue weighted by molar-refractivity contribution is -0.239. The van der Waals surface area contributed by atoms with Gasteiger partial charge in [-0.05, 0) is 67.7 Å². The topological polar surface area (TPSA) is 186 Å². The van der Waals surface area contributed by atoms with E-state index in [4.69, 9.17) is 42.9 Å². The third-order valence-electron chi connectivity index (χ3n) is 11.1. The Morgan fingerprint density at radius 2 is 1.70 bits per heavy atom. The van der Waals surface area contributed by atoms with Gasteiger partial charge in [-0.1, -0.05) is 13.8 Å². The second-order valence-electron chi connectivity index (χ2n) is 14.5. The number of benzene rings is 1. The SMILES string of the molecule is CCC(COC)OC(COCC[C@H]1CCc2c(C)c(F)cc3nc4c(c1c23)Cn1c-4cc([C@@](O)(CC)C(=O)O)c(CO)c1=O)OCC(COC)OC(COC)OC. The molecule has 4 unspecified atom stereocenters. The minimum atomic E-state index is -2.42. The second-order valence-corrected chi connectivity index (χ2v) is 14.5. The number of ether oxygens (including phenoxy) is 8. The van der Waals surface area contributed by atoms with Crippen LogP contribution in [0.3, 0.4) is 0 Å². The van der Waals surface area contributed by atoms with Crippen LogP contribution in [-0.4, -0.2) is 124 Å². The Morgan fingerprint density at radius 3 is 2.33 bits per heavy atom. The van der Waals surface area contributed by atoms with Gasteiger partial charge in [0, 0.05) is 63.2 Å². The third kappa shape index (κ3) is 9.41. The highest BCUT2D eigenvalue weighted by Gasteiger charge is 2.42. The predicted molar refractivity (Wildman–Crippen MR) is 206 cm³/mol. The normalized spacial score (nSPS) is 17.9. The van der Waals surface area contributed by atoms with Crippen LogP contribution in [0.5, 0.6) is 0 Å². The molecule has 15 nitrogen and oxygen atoms in total. The summed E-state index contributed by atoms with van der Waals surface area (Å²) in [6, 6.07) is 2.82. The number of carboxylic acids is 1. The molecule has 3 aromatic rings. The Balaban J connectivity index is 1.43. The average Bonchev–Trinajstić information content (AvgIpc) is 3.58. The number of methoxy groups -OCH3 is 4. The second kappa shape index (κ2) is 20.0. The summed E-state index contributed by atoms with van der Waals surface area (Å²) in [5.41, 5.74) is 0.786. The van der Waals surface area contributed by atoms with Gasteiger partial charge in [0.05, 0.1) is 69.2 Å². The van der Waals surface area contributed by atoms with Crippen molar-refractivity contribution in [2.24, 2.45) is 0 Å². The molecular weight excluding hydrogens is 747 g/mol. The van der Waals surface area contributed by atoms with Crippen molar-refractivity contribution in [3.63, 3.8) is 0 Å². The Kier molecular flexibility index (Phi) is 15.7. The summed E-state index contributed by atoms with van der Waals surface area (Å²) in [5.74, 6) is -2.01. The summed E-state index contributed by atoms with van der Waals surface area (Å²) in [6.45, 7) is 5.92. The third-order valence-corrected chi connectivity index (χ3v) is 11.1. The van der Waals surface area contributed by atoms with Crippen LogP contribution in [0.25, 0.3) is 22.3 Å². The Labute approximate surface area is 331 Å². The van der Waals surface area contributed by atoms with E-state index in [0.717, 1.165) is 22.1 Å². The molecule has 3 heterocycles. The molecule has 2 aliphatic rings. The first kappa shape index (κ1) is 44.7. The average molecular weight is 805 g/mol. The molecule has 0 bridgehead atoms. The van der Waals surface area contributed by atoms with Crippen molar-refractivity contribution < 1.29 is 62.4 Å². The maximum Gasteiger partial charge on any atom is 0.340 e. The molecule has 16 heteroatoms. The molecule has 0 spiro atoms. The maximum absolute atomic E-state index is 15.4. The van der Waals surface area contributed by atoms with Crippen LogP contribution >= 0.6 is 0 Å². The van der Waals surface area contributed by atoms with E-state index < -0.39 is 48.2 Å². The van der Waals surface area contributed by atoms with E-state index in [1.807, 2.05) is 6.92 Å². The fraction of sp³-hybridized carbons (Fsp3) is 0.634. The zero-order chi connectivity index (χ0) is 41.4. The molecule has 6 atom stereocenters. The number of hydrogen-bond acceptors (Lipinski definition) is 13. The molecule has 5 rings (SSSR count). The molecule has 1 aromatic carbocycles. The summed E-state index contributed by atoms with van der Waals surface area (Å²) in [5, 5.41) is 32.3. The van der Waals surface area contributed by atoms with E-state index in [1.54, 1.807) is 28.3 Å². The summed E-state index contributed by atoms with van der Waals surface area (Å²) in [7, 11) is 6.25. The molecular formula is C41H57FN2O13. The molecule has 316 valence electrons. The van der Waals surface area contributed by atoms with Crippen LogP contribution in [0.2, 0.25) is 0 Å². The van der Waals surface area contributed by atoms with Crippen molar-refractivity contribution >= 4 is 16.9 Å². The zero-order valence-corrected chi connectivity index (χ0v) is 33.9. The van der Waals surface area contributed by atoms with Gasteiger partial charge in [-0.15, -0.1) is 0 Å². The number of aromatic nitrogens is 2. The molecule has 0 amide bonds. The highest BCUT2D eigenvalue weighted by molar-refractivity contribution is 5.93. The fourth-order valence-corrected chi connectivity index (χ4v) is 7.93. The monoisotopic (exact) mass is 804 g/mol. The van der Waals surface area contributed by atoms with Crippen molar-refractivity contribution in [3.8, 4) is 11.4 Å². The summed E-state index contributed by atoms with van der Waals surface area (Å²) in [6.07, 6.45) is 0.160. The smallest absolute Gasteiger partial charge is 0.340 e. The zero-order valence-electron chi connectivity index (χ0n) is 33.9. The quantitative estimate of drug-likeness (QED) is 0.0684. The van der Waals surface area contributed by atoms with E-state index in [0.29, 0.717) is 61.4 Å². The van der Waals surface area contributed by atoms with Gasteiger partial charge < -0.3 is 57.8 Å². The van der Waals surface area contributed by atoms with Crippen molar-refractivity contribution in [1.29, 1.82) is 0 Å². The first-order valence-electron chi connectivity index (χ1n) is 19.4. The van der Waals surface area contributed by atoms with E-state index in [9.17, 15) is 24.9 Å². The van der Waals surface area contributed by atoms with Crippen LogP contribution in [0.4, 0.5) is 4.39 Å². The Hall–Kier alpha value is -3.42. The lowest BCUT2D eigenvalue weighted by Crippen LogP contribution is -2.39. The molecule has 57 heavy (non-hydrogen) atoms. The fourth-order valence-electron chi connectivity index (χ4n) is 7.93. The van der Waals surface area contributed by atoms with Crippen LogP contribution in [-0.2, 0) is 67.9 Å². The van der Waals surface area contributed by atoms with E-state index in [-0.39, 0.29) is 62.5 Å². The predicted octanol–water partition coefficient (Wildman–Crippen LogP) is 3.92. The lowest BCUT2D eigenvalue weighted by atomic mass is 9.77. The van der Waals surface area contributed by atoms with Crippen LogP contribution in [0, 0.1) is 12.7 Å². The standard InChI is InChI=1S/C41H57FN2O13/c1-8-25(18-50-4)56-35(55-20-26(19-51-5)57-34(53-7)21-52-6)22-54-13-12-24-10-11-27-23(3)31(42)15-32-37(27)36(24)28-16-44-33(38(28)43-32)14-30(29(17-45)39(44)46)41(49,9-2)40(47)48/h14-15,24-26,34-35,45,49H,8-13,16-22H2,1-7H3,(H,47,48)/t24-,25?,26?,34?,35?,41+/m1/s1. The molecule has 2 aromatic heterocycles. The molecule has 1 aliphatic carbocycles.